The van der Waals surface area contributed by atoms with E-state index in [1.165, 1.54) is 36.4 Å². The van der Waals surface area contributed by atoms with Crippen molar-refractivity contribution in [1.82, 2.24) is 0 Å². The molecule has 8 N–H and O–H groups in total. The van der Waals surface area contributed by atoms with Crippen LogP contribution in [0.2, 0.25) is 0 Å². The minimum atomic E-state index is -4.43. The van der Waals surface area contributed by atoms with Gasteiger partial charge in [0.15, 0.2) is 0 Å². The summed E-state index contributed by atoms with van der Waals surface area (Å²) < 4.78 is 24.6. The molecule has 0 aliphatic heterocycles. The second-order valence-corrected chi connectivity index (χ2v) is 8.27. The van der Waals surface area contributed by atoms with Crippen LogP contribution in [0, 0.1) is 0 Å². The summed E-state index contributed by atoms with van der Waals surface area (Å²) in [7, 11) is -4.43. The summed E-state index contributed by atoms with van der Waals surface area (Å²) in [6, 6.07) is 15.9. The van der Waals surface area contributed by atoms with Gasteiger partial charge < -0.3 is 21.9 Å². The van der Waals surface area contributed by atoms with Crippen molar-refractivity contribution in [3.8, 4) is 16.9 Å². The minimum absolute atomic E-state index is 0.0322. The monoisotopic (exact) mass is 452 g/mol. The number of sulfonamides is 1. The number of nitrogen functional groups attached to an aromatic ring is 1. The maximum absolute atomic E-state index is 12.3. The number of nitrogens with one attached hydrogen (secondary N) is 1. The van der Waals surface area contributed by atoms with Crippen LogP contribution in [0.5, 0.6) is 5.75 Å². The first-order valence-electron chi connectivity index (χ1n) is 9.20. The molecule has 3 rings (SSSR count). The Balaban J connectivity index is 2.13. The van der Waals surface area contributed by atoms with Gasteiger partial charge in [0.2, 0.25) is 15.9 Å². The van der Waals surface area contributed by atoms with Crippen LogP contribution in [0.3, 0.4) is 0 Å². The summed E-state index contributed by atoms with van der Waals surface area (Å²) in [5.74, 6) is -1.63. The molecule has 32 heavy (non-hydrogen) atoms. The Morgan fingerprint density at radius 3 is 2.19 bits per heavy atom. The van der Waals surface area contributed by atoms with E-state index in [1.54, 1.807) is 30.3 Å². The van der Waals surface area contributed by atoms with E-state index < -0.39 is 32.3 Å². The van der Waals surface area contributed by atoms with E-state index in [2.05, 4.69) is 5.32 Å². The Morgan fingerprint density at radius 1 is 1.00 bits per heavy atom. The van der Waals surface area contributed by atoms with Crippen LogP contribution in [0.1, 0.15) is 15.9 Å². The van der Waals surface area contributed by atoms with E-state index in [-0.39, 0.29) is 17.0 Å². The van der Waals surface area contributed by atoms with Crippen molar-refractivity contribution in [3.05, 3.63) is 77.9 Å². The molecule has 9 nitrogen and oxygen atoms in total. The topological polar surface area (TPSA) is 179 Å². The second-order valence-electron chi connectivity index (χ2n) is 6.78. The van der Waals surface area contributed by atoms with Crippen LogP contribution < -0.4 is 21.9 Å². The first-order valence-corrected chi connectivity index (χ1v) is 10.7. The number of phenols is 1. The van der Waals surface area contributed by atoms with Gasteiger partial charge in [-0.25, -0.2) is 13.6 Å². The number of hydrogen-bond acceptors (Lipinski definition) is 6. The molecule has 0 radical (unpaired) electrons. The molecule has 2 amide bonds. The van der Waals surface area contributed by atoms with Crippen molar-refractivity contribution >= 4 is 39.3 Å². The van der Waals surface area contributed by atoms with Gasteiger partial charge in [-0.1, -0.05) is 30.3 Å². The lowest BCUT2D eigenvalue weighted by atomic mass is 9.96. The van der Waals surface area contributed by atoms with Crippen molar-refractivity contribution in [2.24, 2.45) is 10.9 Å². The fourth-order valence-corrected chi connectivity index (χ4v) is 4.08. The summed E-state index contributed by atoms with van der Waals surface area (Å²) in [6.07, 6.45) is 2.28. The number of primary amides is 1. The first-order chi connectivity index (χ1) is 15.1. The molecule has 0 fully saturated rings. The van der Waals surface area contributed by atoms with E-state index in [1.807, 2.05) is 0 Å². The first kappa shape index (κ1) is 22.5. The van der Waals surface area contributed by atoms with E-state index >= 15 is 0 Å². The highest BCUT2D eigenvalue weighted by molar-refractivity contribution is 7.89. The maximum atomic E-state index is 12.3. The van der Waals surface area contributed by atoms with Crippen LogP contribution in [-0.4, -0.2) is 25.3 Å². The van der Waals surface area contributed by atoms with Gasteiger partial charge in [-0.05, 0) is 47.5 Å². The fourth-order valence-electron chi connectivity index (χ4n) is 3.13. The number of hydrogen-bond donors (Lipinski definition) is 5. The highest BCUT2D eigenvalue weighted by Crippen LogP contribution is 2.35. The molecule has 3 aromatic rings. The molecular weight excluding hydrogens is 432 g/mol. The van der Waals surface area contributed by atoms with Crippen molar-refractivity contribution in [1.29, 1.82) is 0 Å². The average Bonchev–Trinajstić information content (AvgIpc) is 2.73. The predicted octanol–water partition coefficient (Wildman–Crippen LogP) is 2.04. The molecule has 0 saturated carbocycles. The number of aromatic hydroxyl groups is 1. The van der Waals surface area contributed by atoms with Gasteiger partial charge in [0.25, 0.3) is 5.91 Å². The molecule has 10 heteroatoms. The van der Waals surface area contributed by atoms with Crippen molar-refractivity contribution in [2.45, 2.75) is 4.90 Å². The third-order valence-corrected chi connectivity index (χ3v) is 5.52. The summed E-state index contributed by atoms with van der Waals surface area (Å²) in [4.78, 5) is 23.9. The molecule has 3 aromatic carbocycles. The number of benzene rings is 3. The standard InChI is InChI=1S/C22H20N4O5S/c23-20-17(13-4-2-1-3-5-13)12-14(21(32(25,30)31)19(20)22(24)29)6-11-18(28)26-15-7-9-16(27)10-8-15/h1-12,27H,23H2,(H2,24,29)(H,26,28)(H2,25,30,31)/b11-6+. The third kappa shape index (κ3) is 4.94. The molecule has 0 heterocycles. The van der Waals surface area contributed by atoms with Crippen molar-refractivity contribution < 1.29 is 23.1 Å². The normalized spacial score (nSPS) is 11.4. The third-order valence-electron chi connectivity index (χ3n) is 4.51. The number of carbonyl (C=O) groups excluding carboxylic acids is 2. The number of rotatable bonds is 6. The number of anilines is 2. The van der Waals surface area contributed by atoms with Gasteiger partial charge >= 0.3 is 0 Å². The Labute approximate surface area is 184 Å². The molecule has 0 aliphatic rings. The van der Waals surface area contributed by atoms with E-state index in [0.717, 1.165) is 6.08 Å². The second kappa shape index (κ2) is 8.92. The number of phenolic OH excluding ortho intramolecular Hbond substituents is 1. The van der Waals surface area contributed by atoms with Crippen LogP contribution in [-0.2, 0) is 14.8 Å². The molecule has 0 saturated heterocycles. The van der Waals surface area contributed by atoms with Crippen LogP contribution >= 0.6 is 0 Å². The predicted molar refractivity (Wildman–Crippen MR) is 122 cm³/mol. The highest BCUT2D eigenvalue weighted by Gasteiger charge is 2.26. The maximum Gasteiger partial charge on any atom is 0.252 e. The zero-order valence-corrected chi connectivity index (χ0v) is 17.5. The molecule has 0 bridgehead atoms. The molecule has 0 spiro atoms. The van der Waals surface area contributed by atoms with Gasteiger partial charge in [0.1, 0.15) is 10.6 Å². The lowest BCUT2D eigenvalue weighted by Gasteiger charge is -2.16. The number of amides is 2. The van der Waals surface area contributed by atoms with E-state index in [9.17, 15) is 23.1 Å². The fraction of sp³-hybridized carbons (Fsp3) is 0. The lowest BCUT2D eigenvalue weighted by Crippen LogP contribution is -2.24. The minimum Gasteiger partial charge on any atom is -0.508 e. The van der Waals surface area contributed by atoms with Gasteiger partial charge in [-0.15, -0.1) is 0 Å². The van der Waals surface area contributed by atoms with Crippen molar-refractivity contribution in [2.75, 3.05) is 11.1 Å². The lowest BCUT2D eigenvalue weighted by molar-refractivity contribution is -0.111. The van der Waals surface area contributed by atoms with Gasteiger partial charge in [0, 0.05) is 17.3 Å². The van der Waals surface area contributed by atoms with Crippen LogP contribution in [0.4, 0.5) is 11.4 Å². The number of nitrogens with two attached hydrogens (primary N) is 3. The smallest absolute Gasteiger partial charge is 0.252 e. The quantitative estimate of drug-likeness (QED) is 0.217. The largest absolute Gasteiger partial charge is 0.508 e. The van der Waals surface area contributed by atoms with Crippen LogP contribution in [0.15, 0.2) is 71.6 Å². The molecule has 0 unspecified atom stereocenters. The zero-order chi connectivity index (χ0) is 23.5. The number of primary sulfonamides is 1. The van der Waals surface area contributed by atoms with Crippen LogP contribution in [0.25, 0.3) is 17.2 Å². The zero-order valence-electron chi connectivity index (χ0n) is 16.6. The summed E-state index contributed by atoms with van der Waals surface area (Å²) in [6.45, 7) is 0. The molecular formula is C22H20N4O5S. The Kier molecular flexibility index (Phi) is 6.28. The SMILES string of the molecule is NC(=O)c1c(N)c(-c2ccccc2)cc(/C=C/C(=O)Nc2ccc(O)cc2)c1S(N)(=O)=O. The Hall–Kier alpha value is -4.15. The summed E-state index contributed by atoms with van der Waals surface area (Å²) in [5.41, 5.74) is 12.3. The summed E-state index contributed by atoms with van der Waals surface area (Å²) >= 11 is 0. The number of carbonyl (C=O) groups is 2. The Bertz CT molecular complexity index is 1320. The Morgan fingerprint density at radius 2 is 1.62 bits per heavy atom. The molecule has 0 atom stereocenters. The highest BCUT2D eigenvalue weighted by atomic mass is 32.2. The van der Waals surface area contributed by atoms with Gasteiger partial charge in [-0.3, -0.25) is 9.59 Å². The van der Waals surface area contributed by atoms with Crippen molar-refractivity contribution in [3.63, 3.8) is 0 Å². The molecule has 0 aromatic heterocycles. The average molecular weight is 452 g/mol. The summed E-state index contributed by atoms with van der Waals surface area (Å²) in [5, 5.41) is 17.2. The van der Waals surface area contributed by atoms with E-state index in [0.29, 0.717) is 16.8 Å². The van der Waals surface area contributed by atoms with E-state index in [4.69, 9.17) is 16.6 Å². The molecule has 164 valence electrons. The van der Waals surface area contributed by atoms with Gasteiger partial charge in [-0.2, -0.15) is 0 Å². The molecule has 0 aliphatic carbocycles. The van der Waals surface area contributed by atoms with Gasteiger partial charge in [0.05, 0.1) is 11.3 Å².